The molecule has 0 unspecified atom stereocenters. The lowest BCUT2D eigenvalue weighted by Gasteiger charge is -2.32. The molecule has 1 aromatic carbocycles. The number of rotatable bonds is 2. The smallest absolute Gasteiger partial charge is 0.226 e. The standard InChI is InChI=1S/C11H11NO2/c1-7-9(12-11(7)14)10(13)8-5-3-2-4-6-8/h2-7,9H,1H3,(H,12,14)/t7-,9-/m0/s1. The van der Waals surface area contributed by atoms with Crippen molar-refractivity contribution < 1.29 is 9.59 Å². The summed E-state index contributed by atoms with van der Waals surface area (Å²) in [5.74, 6) is -0.236. The van der Waals surface area contributed by atoms with Crippen LogP contribution in [0.1, 0.15) is 17.3 Å². The SMILES string of the molecule is C[C@@H]1C(=O)N[C@@H]1C(=O)c1ccccc1. The average molecular weight is 189 g/mol. The molecule has 0 radical (unpaired) electrons. The molecule has 1 fully saturated rings. The normalized spacial score (nSPS) is 25.1. The van der Waals surface area contributed by atoms with Gasteiger partial charge in [0.2, 0.25) is 5.91 Å². The van der Waals surface area contributed by atoms with E-state index >= 15 is 0 Å². The molecule has 0 bridgehead atoms. The van der Waals surface area contributed by atoms with Crippen molar-refractivity contribution in [2.45, 2.75) is 13.0 Å². The quantitative estimate of drug-likeness (QED) is 0.557. The second-order valence-electron chi connectivity index (χ2n) is 3.51. The van der Waals surface area contributed by atoms with Crippen LogP contribution in [0.3, 0.4) is 0 Å². The van der Waals surface area contributed by atoms with Gasteiger partial charge in [-0.15, -0.1) is 0 Å². The van der Waals surface area contributed by atoms with Crippen molar-refractivity contribution in [3.8, 4) is 0 Å². The highest BCUT2D eigenvalue weighted by Crippen LogP contribution is 2.18. The van der Waals surface area contributed by atoms with Crippen LogP contribution < -0.4 is 5.32 Å². The summed E-state index contributed by atoms with van der Waals surface area (Å²) in [4.78, 5) is 22.7. The van der Waals surface area contributed by atoms with Crippen LogP contribution in [0.25, 0.3) is 0 Å². The molecule has 0 aromatic heterocycles. The molecule has 1 amide bonds. The van der Waals surface area contributed by atoms with E-state index in [1.165, 1.54) is 0 Å². The third-order valence-corrected chi connectivity index (χ3v) is 2.55. The van der Waals surface area contributed by atoms with Crippen LogP contribution in [0, 0.1) is 5.92 Å². The Morgan fingerprint density at radius 2 is 1.93 bits per heavy atom. The van der Waals surface area contributed by atoms with Gasteiger partial charge in [-0.2, -0.15) is 0 Å². The summed E-state index contributed by atoms with van der Waals surface area (Å²) in [6, 6.07) is 8.69. The monoisotopic (exact) mass is 189 g/mol. The zero-order chi connectivity index (χ0) is 10.1. The van der Waals surface area contributed by atoms with Crippen LogP contribution in [0.2, 0.25) is 0 Å². The van der Waals surface area contributed by atoms with Gasteiger partial charge in [0, 0.05) is 5.56 Å². The predicted molar refractivity (Wildman–Crippen MR) is 51.9 cm³/mol. The van der Waals surface area contributed by atoms with E-state index in [9.17, 15) is 9.59 Å². The molecular weight excluding hydrogens is 178 g/mol. The number of amides is 1. The molecule has 1 heterocycles. The minimum Gasteiger partial charge on any atom is -0.345 e. The molecule has 1 aliphatic heterocycles. The van der Waals surface area contributed by atoms with Gasteiger partial charge >= 0.3 is 0 Å². The zero-order valence-corrected chi connectivity index (χ0v) is 7.86. The van der Waals surface area contributed by atoms with E-state index in [-0.39, 0.29) is 23.7 Å². The number of benzene rings is 1. The summed E-state index contributed by atoms with van der Waals surface area (Å²) in [5, 5.41) is 2.60. The molecular formula is C11H11NO2. The third kappa shape index (κ3) is 1.31. The molecule has 2 rings (SSSR count). The van der Waals surface area contributed by atoms with Gasteiger partial charge in [0.15, 0.2) is 5.78 Å². The molecule has 2 atom stereocenters. The van der Waals surface area contributed by atoms with Gasteiger partial charge in [-0.1, -0.05) is 37.3 Å². The fourth-order valence-electron chi connectivity index (χ4n) is 1.54. The Labute approximate surface area is 82.1 Å². The first kappa shape index (κ1) is 8.94. The van der Waals surface area contributed by atoms with Gasteiger partial charge in [0.05, 0.1) is 5.92 Å². The first-order valence-corrected chi connectivity index (χ1v) is 4.60. The highest BCUT2D eigenvalue weighted by atomic mass is 16.2. The maximum Gasteiger partial charge on any atom is 0.226 e. The number of ketones is 1. The minimum absolute atomic E-state index is 0.00213. The van der Waals surface area contributed by atoms with E-state index in [2.05, 4.69) is 5.32 Å². The van der Waals surface area contributed by atoms with E-state index < -0.39 is 0 Å². The first-order chi connectivity index (χ1) is 6.70. The second kappa shape index (κ2) is 3.25. The number of carbonyl (C=O) groups is 2. The van der Waals surface area contributed by atoms with Gasteiger partial charge in [-0.05, 0) is 0 Å². The molecule has 3 heteroatoms. The van der Waals surface area contributed by atoms with Crippen molar-refractivity contribution in [3.05, 3.63) is 35.9 Å². The maximum absolute atomic E-state index is 11.8. The van der Waals surface area contributed by atoms with Crippen LogP contribution in [0.15, 0.2) is 30.3 Å². The van der Waals surface area contributed by atoms with Crippen molar-refractivity contribution in [2.24, 2.45) is 5.92 Å². The molecule has 1 aliphatic rings. The van der Waals surface area contributed by atoms with E-state index in [1.54, 1.807) is 19.1 Å². The highest BCUT2D eigenvalue weighted by molar-refractivity contribution is 6.08. The zero-order valence-electron chi connectivity index (χ0n) is 7.86. The van der Waals surface area contributed by atoms with E-state index in [4.69, 9.17) is 0 Å². The minimum atomic E-state index is -0.329. The number of carbonyl (C=O) groups excluding carboxylic acids is 2. The van der Waals surface area contributed by atoms with Gasteiger partial charge in [-0.25, -0.2) is 0 Å². The van der Waals surface area contributed by atoms with Crippen LogP contribution in [-0.4, -0.2) is 17.7 Å². The lowest BCUT2D eigenvalue weighted by atomic mass is 9.86. The molecule has 1 saturated heterocycles. The third-order valence-electron chi connectivity index (χ3n) is 2.55. The number of β-lactam (4-membered cyclic amide) rings is 1. The summed E-state index contributed by atoms with van der Waals surface area (Å²) >= 11 is 0. The lowest BCUT2D eigenvalue weighted by molar-refractivity contribution is -0.132. The van der Waals surface area contributed by atoms with Gasteiger partial charge in [-0.3, -0.25) is 9.59 Å². The summed E-state index contributed by atoms with van der Waals surface area (Å²) in [6.07, 6.45) is 0. The highest BCUT2D eigenvalue weighted by Gasteiger charge is 2.40. The molecule has 1 N–H and O–H groups in total. The molecule has 1 aromatic rings. The molecule has 72 valence electrons. The largest absolute Gasteiger partial charge is 0.345 e. The van der Waals surface area contributed by atoms with Gasteiger partial charge in [0.25, 0.3) is 0 Å². The Balaban J connectivity index is 2.15. The second-order valence-corrected chi connectivity index (χ2v) is 3.51. The Hall–Kier alpha value is -1.64. The van der Waals surface area contributed by atoms with Crippen LogP contribution in [0.4, 0.5) is 0 Å². The Morgan fingerprint density at radius 1 is 1.29 bits per heavy atom. The van der Waals surface area contributed by atoms with Crippen LogP contribution in [0.5, 0.6) is 0 Å². The van der Waals surface area contributed by atoms with Crippen molar-refractivity contribution in [1.82, 2.24) is 5.32 Å². The fourth-order valence-corrected chi connectivity index (χ4v) is 1.54. The van der Waals surface area contributed by atoms with Crippen LogP contribution >= 0.6 is 0 Å². The summed E-state index contributed by atoms with van der Waals surface area (Å²) in [7, 11) is 0. The summed E-state index contributed by atoms with van der Waals surface area (Å²) in [5.41, 5.74) is 0.657. The van der Waals surface area contributed by atoms with Crippen molar-refractivity contribution in [2.75, 3.05) is 0 Å². The number of hydrogen-bond acceptors (Lipinski definition) is 2. The van der Waals surface area contributed by atoms with Gasteiger partial charge < -0.3 is 5.32 Å². The van der Waals surface area contributed by atoms with Crippen LogP contribution in [-0.2, 0) is 4.79 Å². The summed E-state index contributed by atoms with van der Waals surface area (Å²) < 4.78 is 0. The molecule has 3 nitrogen and oxygen atoms in total. The molecule has 0 saturated carbocycles. The number of hydrogen-bond donors (Lipinski definition) is 1. The molecule has 0 aliphatic carbocycles. The predicted octanol–water partition coefficient (Wildman–Crippen LogP) is 1.00. The average Bonchev–Trinajstić information content (AvgIpc) is 2.25. The summed E-state index contributed by atoms with van der Waals surface area (Å²) in [6.45, 7) is 1.77. The van der Waals surface area contributed by atoms with Crippen molar-refractivity contribution >= 4 is 11.7 Å². The number of nitrogens with one attached hydrogen (secondary N) is 1. The fraction of sp³-hybridized carbons (Fsp3) is 0.273. The maximum atomic E-state index is 11.8. The van der Waals surface area contributed by atoms with Crippen molar-refractivity contribution in [3.63, 3.8) is 0 Å². The topological polar surface area (TPSA) is 46.2 Å². The van der Waals surface area contributed by atoms with Crippen molar-refractivity contribution in [1.29, 1.82) is 0 Å². The van der Waals surface area contributed by atoms with E-state index in [0.717, 1.165) is 0 Å². The molecule has 0 spiro atoms. The van der Waals surface area contributed by atoms with Gasteiger partial charge in [0.1, 0.15) is 6.04 Å². The van der Waals surface area contributed by atoms with E-state index in [1.807, 2.05) is 18.2 Å². The Kier molecular flexibility index (Phi) is 2.08. The van der Waals surface area contributed by atoms with E-state index in [0.29, 0.717) is 5.56 Å². The Bertz CT molecular complexity index is 372. The number of Topliss-reactive ketones (excluding diaryl/α,β-unsaturated/α-hetero) is 1. The first-order valence-electron chi connectivity index (χ1n) is 4.60. The lowest BCUT2D eigenvalue weighted by Crippen LogP contribution is -2.60. The Morgan fingerprint density at radius 3 is 2.43 bits per heavy atom. The molecule has 14 heavy (non-hydrogen) atoms.